The summed E-state index contributed by atoms with van der Waals surface area (Å²) < 4.78 is 1.99. The van der Waals surface area contributed by atoms with Crippen molar-refractivity contribution < 1.29 is 0 Å². The van der Waals surface area contributed by atoms with Gasteiger partial charge in [0.05, 0.1) is 6.54 Å². The van der Waals surface area contributed by atoms with Crippen LogP contribution in [0.3, 0.4) is 0 Å². The van der Waals surface area contributed by atoms with Crippen molar-refractivity contribution in [3.8, 4) is 0 Å². The first-order chi connectivity index (χ1) is 5.34. The van der Waals surface area contributed by atoms with E-state index in [-0.39, 0.29) is 0 Å². The van der Waals surface area contributed by atoms with E-state index in [2.05, 4.69) is 10.3 Å². The van der Waals surface area contributed by atoms with Gasteiger partial charge in [-0.1, -0.05) is 0 Å². The summed E-state index contributed by atoms with van der Waals surface area (Å²) in [4.78, 5) is 4.15. The minimum Gasteiger partial charge on any atom is -0.337 e. The minimum atomic E-state index is 0.671. The van der Waals surface area contributed by atoms with E-state index in [9.17, 15) is 0 Å². The fourth-order valence-electron chi connectivity index (χ4n) is 0.869. The van der Waals surface area contributed by atoms with Crippen molar-refractivity contribution >= 4 is 0 Å². The number of hydrogen-bond acceptors (Lipinski definition) is 3. The highest BCUT2D eigenvalue weighted by atomic mass is 15.1. The molecule has 0 radical (unpaired) electrons. The zero-order chi connectivity index (χ0) is 8.10. The standard InChI is InChI=1S/C7H14N4/c1-11-5-4-10-7(11)6-9-3-2-8/h4-5,9H,2-3,6,8H2,1H3. The monoisotopic (exact) mass is 154 g/mol. The molecule has 0 aliphatic rings. The van der Waals surface area contributed by atoms with E-state index in [1.165, 1.54) is 0 Å². The highest BCUT2D eigenvalue weighted by Gasteiger charge is 1.95. The molecule has 0 unspecified atom stereocenters. The molecule has 0 aliphatic heterocycles. The van der Waals surface area contributed by atoms with Gasteiger partial charge in [0.25, 0.3) is 0 Å². The van der Waals surface area contributed by atoms with Crippen molar-refractivity contribution in [2.24, 2.45) is 12.8 Å². The predicted octanol–water partition coefficient (Wildman–Crippen LogP) is -0.532. The Labute approximate surface area is 66.4 Å². The van der Waals surface area contributed by atoms with E-state index in [1.54, 1.807) is 6.20 Å². The molecule has 1 rings (SSSR count). The number of nitrogens with one attached hydrogen (secondary N) is 1. The molecule has 0 saturated heterocycles. The summed E-state index contributed by atoms with van der Waals surface area (Å²) in [5.41, 5.74) is 5.32. The first kappa shape index (κ1) is 8.23. The molecule has 1 heterocycles. The van der Waals surface area contributed by atoms with Crippen LogP contribution in [0, 0.1) is 0 Å². The topological polar surface area (TPSA) is 55.9 Å². The minimum absolute atomic E-state index is 0.671. The van der Waals surface area contributed by atoms with Crippen LogP contribution in [-0.4, -0.2) is 22.6 Å². The molecule has 0 spiro atoms. The van der Waals surface area contributed by atoms with Crippen LogP contribution in [0.2, 0.25) is 0 Å². The molecule has 0 aromatic carbocycles. The summed E-state index contributed by atoms with van der Waals surface area (Å²) in [6, 6.07) is 0. The number of imidazole rings is 1. The second kappa shape index (κ2) is 4.10. The van der Waals surface area contributed by atoms with Gasteiger partial charge in [-0.25, -0.2) is 4.98 Å². The molecule has 1 aromatic rings. The highest BCUT2D eigenvalue weighted by Crippen LogP contribution is 1.91. The van der Waals surface area contributed by atoms with Gasteiger partial charge in [-0.3, -0.25) is 0 Å². The van der Waals surface area contributed by atoms with E-state index >= 15 is 0 Å². The van der Waals surface area contributed by atoms with Crippen LogP contribution in [0.1, 0.15) is 5.82 Å². The van der Waals surface area contributed by atoms with Crippen LogP contribution < -0.4 is 11.1 Å². The van der Waals surface area contributed by atoms with Crippen LogP contribution in [0.25, 0.3) is 0 Å². The Morgan fingerprint density at radius 2 is 2.55 bits per heavy atom. The van der Waals surface area contributed by atoms with Crippen molar-refractivity contribution in [3.63, 3.8) is 0 Å². The molecule has 0 amide bonds. The average molecular weight is 154 g/mol. The van der Waals surface area contributed by atoms with Gasteiger partial charge in [0, 0.05) is 32.5 Å². The summed E-state index contributed by atoms with van der Waals surface area (Å²) >= 11 is 0. The van der Waals surface area contributed by atoms with Gasteiger partial charge in [0.15, 0.2) is 0 Å². The van der Waals surface area contributed by atoms with Crippen LogP contribution in [0.4, 0.5) is 0 Å². The van der Waals surface area contributed by atoms with E-state index in [0.29, 0.717) is 6.54 Å². The quantitative estimate of drug-likeness (QED) is 0.573. The number of aryl methyl sites for hydroxylation is 1. The van der Waals surface area contributed by atoms with Gasteiger partial charge >= 0.3 is 0 Å². The molecular formula is C7H14N4. The summed E-state index contributed by atoms with van der Waals surface area (Å²) in [5, 5.41) is 3.17. The lowest BCUT2D eigenvalue weighted by molar-refractivity contribution is 0.643. The molecule has 3 N–H and O–H groups in total. The zero-order valence-electron chi connectivity index (χ0n) is 6.75. The van der Waals surface area contributed by atoms with Gasteiger partial charge in [-0.2, -0.15) is 0 Å². The number of rotatable bonds is 4. The summed E-state index contributed by atoms with van der Waals surface area (Å²) in [6.45, 7) is 2.30. The lowest BCUT2D eigenvalue weighted by Crippen LogP contribution is -2.23. The Bertz CT molecular complexity index is 206. The van der Waals surface area contributed by atoms with Crippen molar-refractivity contribution in [2.75, 3.05) is 13.1 Å². The van der Waals surface area contributed by atoms with Crippen LogP contribution >= 0.6 is 0 Å². The SMILES string of the molecule is Cn1ccnc1CNCCN. The normalized spacial score (nSPS) is 10.4. The Kier molecular flexibility index (Phi) is 3.07. The van der Waals surface area contributed by atoms with Crippen molar-refractivity contribution in [1.29, 1.82) is 0 Å². The summed E-state index contributed by atoms with van der Waals surface area (Å²) in [6.07, 6.45) is 3.72. The van der Waals surface area contributed by atoms with Gasteiger partial charge in [-0.15, -0.1) is 0 Å². The smallest absolute Gasteiger partial charge is 0.122 e. The number of nitrogens with zero attached hydrogens (tertiary/aromatic N) is 2. The average Bonchev–Trinajstić information content (AvgIpc) is 2.37. The highest BCUT2D eigenvalue weighted by molar-refractivity contribution is 4.90. The van der Waals surface area contributed by atoms with E-state index < -0.39 is 0 Å². The molecule has 0 atom stereocenters. The Morgan fingerprint density at radius 3 is 3.09 bits per heavy atom. The second-order valence-corrected chi connectivity index (χ2v) is 2.42. The van der Waals surface area contributed by atoms with Gasteiger partial charge in [0.1, 0.15) is 5.82 Å². The van der Waals surface area contributed by atoms with Crippen molar-refractivity contribution in [2.45, 2.75) is 6.54 Å². The third kappa shape index (κ3) is 2.32. The molecule has 0 fully saturated rings. The van der Waals surface area contributed by atoms with Gasteiger partial charge < -0.3 is 15.6 Å². The van der Waals surface area contributed by atoms with E-state index in [1.807, 2.05) is 17.8 Å². The third-order valence-electron chi connectivity index (χ3n) is 1.53. The molecule has 62 valence electrons. The van der Waals surface area contributed by atoms with Crippen LogP contribution in [0.15, 0.2) is 12.4 Å². The largest absolute Gasteiger partial charge is 0.337 e. The van der Waals surface area contributed by atoms with Crippen molar-refractivity contribution in [1.82, 2.24) is 14.9 Å². The maximum atomic E-state index is 5.32. The molecule has 0 bridgehead atoms. The fraction of sp³-hybridized carbons (Fsp3) is 0.571. The second-order valence-electron chi connectivity index (χ2n) is 2.42. The maximum absolute atomic E-state index is 5.32. The Morgan fingerprint density at radius 1 is 1.73 bits per heavy atom. The van der Waals surface area contributed by atoms with Gasteiger partial charge in [-0.05, 0) is 0 Å². The van der Waals surface area contributed by atoms with Crippen LogP contribution in [0.5, 0.6) is 0 Å². The molecule has 4 heteroatoms. The number of aromatic nitrogens is 2. The number of hydrogen-bond donors (Lipinski definition) is 2. The lowest BCUT2D eigenvalue weighted by Gasteiger charge is -2.01. The molecule has 0 saturated carbocycles. The number of nitrogens with two attached hydrogens (primary N) is 1. The van der Waals surface area contributed by atoms with Crippen LogP contribution in [-0.2, 0) is 13.6 Å². The fourth-order valence-corrected chi connectivity index (χ4v) is 0.869. The first-order valence-corrected chi connectivity index (χ1v) is 3.71. The lowest BCUT2D eigenvalue weighted by atomic mass is 10.5. The molecule has 11 heavy (non-hydrogen) atoms. The summed E-state index contributed by atoms with van der Waals surface area (Å²) in [5.74, 6) is 1.04. The van der Waals surface area contributed by atoms with Crippen molar-refractivity contribution in [3.05, 3.63) is 18.2 Å². The third-order valence-corrected chi connectivity index (χ3v) is 1.53. The summed E-state index contributed by atoms with van der Waals surface area (Å²) in [7, 11) is 1.98. The van der Waals surface area contributed by atoms with E-state index in [0.717, 1.165) is 18.9 Å². The molecule has 0 aliphatic carbocycles. The molecular weight excluding hydrogens is 140 g/mol. The van der Waals surface area contributed by atoms with E-state index in [4.69, 9.17) is 5.73 Å². The predicted molar refractivity (Wildman–Crippen MR) is 44.0 cm³/mol. The zero-order valence-corrected chi connectivity index (χ0v) is 6.75. The first-order valence-electron chi connectivity index (χ1n) is 3.71. The molecule has 1 aromatic heterocycles. The maximum Gasteiger partial charge on any atom is 0.122 e. The Balaban J connectivity index is 2.32. The Hall–Kier alpha value is -0.870. The molecule has 4 nitrogen and oxygen atoms in total. The van der Waals surface area contributed by atoms with Gasteiger partial charge in [0.2, 0.25) is 0 Å².